The largest absolute Gasteiger partial charge is 0.378 e. The van der Waals surface area contributed by atoms with Crippen molar-refractivity contribution in [2.24, 2.45) is 0 Å². The second kappa shape index (κ2) is 6.45. The van der Waals surface area contributed by atoms with Crippen molar-refractivity contribution in [2.75, 3.05) is 5.32 Å². The van der Waals surface area contributed by atoms with Gasteiger partial charge in [0.2, 0.25) is 0 Å². The van der Waals surface area contributed by atoms with E-state index in [1.165, 1.54) is 10.4 Å². The van der Waals surface area contributed by atoms with Gasteiger partial charge in [0.05, 0.1) is 12.6 Å². The van der Waals surface area contributed by atoms with Crippen molar-refractivity contribution in [2.45, 2.75) is 19.5 Å². The van der Waals surface area contributed by atoms with Gasteiger partial charge in [0.1, 0.15) is 0 Å². The zero-order chi connectivity index (χ0) is 14.7. The minimum Gasteiger partial charge on any atom is -0.378 e. The molecule has 2 heterocycles. The van der Waals surface area contributed by atoms with Gasteiger partial charge in [-0.05, 0) is 52.7 Å². The van der Waals surface area contributed by atoms with E-state index in [4.69, 9.17) is 0 Å². The van der Waals surface area contributed by atoms with E-state index in [0.29, 0.717) is 6.04 Å². The summed E-state index contributed by atoms with van der Waals surface area (Å²) in [4.78, 5) is 1.32. The fourth-order valence-electron chi connectivity index (χ4n) is 2.16. The maximum atomic E-state index is 4.22. The van der Waals surface area contributed by atoms with Gasteiger partial charge in [0.15, 0.2) is 0 Å². The van der Waals surface area contributed by atoms with Gasteiger partial charge >= 0.3 is 0 Å². The Morgan fingerprint density at radius 1 is 1.33 bits per heavy atom. The summed E-state index contributed by atoms with van der Waals surface area (Å²) in [6.45, 7) is 2.98. The molecule has 0 fully saturated rings. The fourth-order valence-corrected chi connectivity index (χ4v) is 3.62. The summed E-state index contributed by atoms with van der Waals surface area (Å²) in [5, 5.41) is 9.86. The Kier molecular flexibility index (Phi) is 4.41. The molecule has 2 aromatic heterocycles. The summed E-state index contributed by atoms with van der Waals surface area (Å²) < 4.78 is 3.07. The molecule has 0 bridgehead atoms. The molecule has 21 heavy (non-hydrogen) atoms. The topological polar surface area (TPSA) is 29.9 Å². The maximum absolute atomic E-state index is 4.22. The predicted molar refractivity (Wildman–Crippen MR) is 91.8 cm³/mol. The van der Waals surface area contributed by atoms with E-state index >= 15 is 0 Å². The first-order chi connectivity index (χ1) is 10.2. The number of halogens is 1. The second-order valence-electron chi connectivity index (χ2n) is 4.93. The molecule has 3 aromatic rings. The number of aromatic nitrogens is 2. The summed E-state index contributed by atoms with van der Waals surface area (Å²) >= 11 is 5.26. The average Bonchev–Trinajstić information content (AvgIpc) is 3.12. The second-order valence-corrected chi connectivity index (χ2v) is 6.79. The minimum absolute atomic E-state index is 0.304. The van der Waals surface area contributed by atoms with Gasteiger partial charge in [0.25, 0.3) is 0 Å². The van der Waals surface area contributed by atoms with Crippen molar-refractivity contribution in [3.8, 4) is 0 Å². The molecule has 1 unspecified atom stereocenters. The van der Waals surface area contributed by atoms with E-state index in [0.717, 1.165) is 16.7 Å². The van der Waals surface area contributed by atoms with Gasteiger partial charge in [-0.1, -0.05) is 12.1 Å². The van der Waals surface area contributed by atoms with Gasteiger partial charge in [-0.25, -0.2) is 0 Å². The first-order valence-corrected chi connectivity index (χ1v) is 8.45. The minimum atomic E-state index is 0.304. The van der Waals surface area contributed by atoms with Gasteiger partial charge in [-0.2, -0.15) is 5.10 Å². The molecule has 0 amide bonds. The highest BCUT2D eigenvalue weighted by Gasteiger charge is 2.07. The Balaban J connectivity index is 1.64. The molecule has 1 aromatic carbocycles. The van der Waals surface area contributed by atoms with E-state index in [1.807, 2.05) is 16.9 Å². The number of nitrogens with zero attached hydrogens (tertiary/aromatic N) is 2. The molecule has 3 rings (SSSR count). The molecule has 0 spiro atoms. The van der Waals surface area contributed by atoms with Crippen LogP contribution in [0.25, 0.3) is 0 Å². The lowest BCUT2D eigenvalue weighted by Gasteiger charge is -2.14. The van der Waals surface area contributed by atoms with Gasteiger partial charge < -0.3 is 5.32 Å². The molecule has 1 N–H and O–H groups in total. The zero-order valence-electron chi connectivity index (χ0n) is 11.7. The molecule has 5 heteroatoms. The van der Waals surface area contributed by atoms with Crippen LogP contribution in [0.2, 0.25) is 0 Å². The van der Waals surface area contributed by atoms with Crippen LogP contribution in [0.1, 0.15) is 23.4 Å². The van der Waals surface area contributed by atoms with E-state index in [2.05, 4.69) is 69.0 Å². The SMILES string of the molecule is CC(Nc1ccc(Cn2cccn2)cc1)c1cc(Br)cs1. The van der Waals surface area contributed by atoms with Crippen LogP contribution in [-0.4, -0.2) is 9.78 Å². The number of thiophene rings is 1. The normalized spacial score (nSPS) is 12.3. The highest BCUT2D eigenvalue weighted by molar-refractivity contribution is 9.10. The number of hydrogen-bond acceptors (Lipinski definition) is 3. The van der Waals surface area contributed by atoms with Crippen molar-refractivity contribution in [3.63, 3.8) is 0 Å². The monoisotopic (exact) mass is 361 g/mol. The summed E-state index contributed by atoms with van der Waals surface area (Å²) in [7, 11) is 0. The third-order valence-corrected chi connectivity index (χ3v) is 5.13. The van der Waals surface area contributed by atoms with Crippen molar-refractivity contribution in [3.05, 3.63) is 69.1 Å². The lowest BCUT2D eigenvalue weighted by molar-refractivity contribution is 0.687. The fraction of sp³-hybridized carbons (Fsp3) is 0.188. The van der Waals surface area contributed by atoms with E-state index in [9.17, 15) is 0 Å². The number of rotatable bonds is 5. The third-order valence-electron chi connectivity index (χ3n) is 3.26. The summed E-state index contributed by atoms with van der Waals surface area (Å²) in [5.41, 5.74) is 2.38. The first kappa shape index (κ1) is 14.4. The number of hydrogen-bond donors (Lipinski definition) is 1. The van der Waals surface area contributed by atoms with Crippen LogP contribution >= 0.6 is 27.3 Å². The Morgan fingerprint density at radius 2 is 2.14 bits per heavy atom. The molecule has 0 aliphatic carbocycles. The molecule has 0 aliphatic heterocycles. The molecular weight excluding hydrogens is 346 g/mol. The molecule has 0 radical (unpaired) electrons. The van der Waals surface area contributed by atoms with Crippen molar-refractivity contribution in [1.82, 2.24) is 9.78 Å². The third kappa shape index (κ3) is 3.74. The predicted octanol–water partition coefficient (Wildman–Crippen LogP) is 4.93. The van der Waals surface area contributed by atoms with E-state index < -0.39 is 0 Å². The smallest absolute Gasteiger partial charge is 0.0659 e. The number of nitrogens with one attached hydrogen (secondary N) is 1. The van der Waals surface area contributed by atoms with Crippen molar-refractivity contribution < 1.29 is 0 Å². The summed E-state index contributed by atoms with van der Waals surface area (Å²) in [6, 6.07) is 12.9. The molecule has 0 saturated heterocycles. The molecule has 0 aliphatic rings. The highest BCUT2D eigenvalue weighted by Crippen LogP contribution is 2.27. The highest BCUT2D eigenvalue weighted by atomic mass is 79.9. The lowest BCUT2D eigenvalue weighted by atomic mass is 10.2. The van der Waals surface area contributed by atoms with Crippen LogP contribution in [0.15, 0.2) is 58.6 Å². The van der Waals surface area contributed by atoms with Crippen LogP contribution in [0.5, 0.6) is 0 Å². The lowest BCUT2D eigenvalue weighted by Crippen LogP contribution is -2.05. The van der Waals surface area contributed by atoms with E-state index in [1.54, 1.807) is 17.5 Å². The van der Waals surface area contributed by atoms with Crippen LogP contribution in [0.3, 0.4) is 0 Å². The first-order valence-electron chi connectivity index (χ1n) is 6.77. The Morgan fingerprint density at radius 3 is 2.76 bits per heavy atom. The molecule has 108 valence electrons. The van der Waals surface area contributed by atoms with Gasteiger partial charge in [-0.15, -0.1) is 11.3 Å². The average molecular weight is 362 g/mol. The van der Waals surface area contributed by atoms with Crippen LogP contribution < -0.4 is 5.32 Å². The Labute approximate surface area is 136 Å². The van der Waals surface area contributed by atoms with Crippen LogP contribution in [0, 0.1) is 0 Å². The molecular formula is C16H16BrN3S. The molecule has 1 atom stereocenters. The van der Waals surface area contributed by atoms with Crippen LogP contribution in [0.4, 0.5) is 5.69 Å². The van der Waals surface area contributed by atoms with Gasteiger partial charge in [0, 0.05) is 32.8 Å². The van der Waals surface area contributed by atoms with Crippen molar-refractivity contribution >= 4 is 33.0 Å². The quantitative estimate of drug-likeness (QED) is 0.698. The van der Waals surface area contributed by atoms with Gasteiger partial charge in [-0.3, -0.25) is 4.68 Å². The number of anilines is 1. The molecule has 0 saturated carbocycles. The zero-order valence-corrected chi connectivity index (χ0v) is 14.1. The Bertz CT molecular complexity index is 689. The standard InChI is InChI=1S/C16H16BrN3S/c1-12(16-9-14(17)11-21-16)19-15-5-3-13(4-6-15)10-20-8-2-7-18-20/h2-9,11-12,19H,10H2,1H3. The number of benzene rings is 1. The summed E-state index contributed by atoms with van der Waals surface area (Å²) in [5.74, 6) is 0. The van der Waals surface area contributed by atoms with Crippen molar-refractivity contribution in [1.29, 1.82) is 0 Å². The Hall–Kier alpha value is -1.59. The van der Waals surface area contributed by atoms with E-state index in [-0.39, 0.29) is 0 Å². The maximum Gasteiger partial charge on any atom is 0.0659 e. The summed E-state index contributed by atoms with van der Waals surface area (Å²) in [6.07, 6.45) is 3.78. The molecule has 3 nitrogen and oxygen atoms in total. The van der Waals surface area contributed by atoms with Crippen LogP contribution in [-0.2, 0) is 6.54 Å².